The first kappa shape index (κ1) is 17.6. The third-order valence-electron chi connectivity index (χ3n) is 3.85. The van der Waals surface area contributed by atoms with Gasteiger partial charge in [0.25, 0.3) is 5.91 Å². The molecule has 1 aromatic rings. The number of ether oxygens (including phenoxy) is 2. The lowest BCUT2D eigenvalue weighted by Gasteiger charge is -2.19. The second-order valence-electron chi connectivity index (χ2n) is 5.26. The number of carbonyl (C=O) groups is 1. The van der Waals surface area contributed by atoms with Crippen LogP contribution < -0.4 is 15.2 Å². The maximum Gasteiger partial charge on any atom is 0.254 e. The standard InChI is InChI=1S/C15H22N2O3.ClH/c1-10(16)11-4-5-17(9-11)15(18)12-6-13(19-2)8-14(7-12)20-3;/h6-8,10-11H,4-5,9,16H2,1-3H3;1H. The van der Waals surface area contributed by atoms with E-state index in [2.05, 4.69) is 0 Å². The fourth-order valence-electron chi connectivity index (χ4n) is 2.51. The monoisotopic (exact) mass is 314 g/mol. The van der Waals surface area contributed by atoms with Crippen molar-refractivity contribution >= 4 is 18.3 Å². The Balaban J connectivity index is 0.00000220. The molecule has 2 N–H and O–H groups in total. The van der Waals surface area contributed by atoms with Gasteiger partial charge in [-0.05, 0) is 31.4 Å². The summed E-state index contributed by atoms with van der Waals surface area (Å²) in [6.45, 7) is 3.47. The molecule has 0 aliphatic carbocycles. The Hall–Kier alpha value is -1.46. The van der Waals surface area contributed by atoms with E-state index < -0.39 is 0 Å². The number of amides is 1. The highest BCUT2D eigenvalue weighted by molar-refractivity contribution is 5.95. The van der Waals surface area contributed by atoms with Crippen LogP contribution in [0.15, 0.2) is 18.2 Å². The van der Waals surface area contributed by atoms with Crippen molar-refractivity contribution in [2.45, 2.75) is 19.4 Å². The normalized spacial score (nSPS) is 18.9. The van der Waals surface area contributed by atoms with Gasteiger partial charge in [-0.3, -0.25) is 4.79 Å². The molecule has 118 valence electrons. The van der Waals surface area contributed by atoms with Crippen molar-refractivity contribution in [3.63, 3.8) is 0 Å². The van der Waals surface area contributed by atoms with Crippen LogP contribution in [0, 0.1) is 5.92 Å². The third kappa shape index (κ3) is 4.02. The lowest BCUT2D eigenvalue weighted by Crippen LogP contribution is -2.33. The highest BCUT2D eigenvalue weighted by Gasteiger charge is 2.29. The number of methoxy groups -OCH3 is 2. The topological polar surface area (TPSA) is 64.8 Å². The van der Waals surface area contributed by atoms with Crippen LogP contribution in [-0.4, -0.2) is 44.2 Å². The predicted octanol–water partition coefficient (Wildman–Crippen LogP) is 1.93. The van der Waals surface area contributed by atoms with Gasteiger partial charge < -0.3 is 20.1 Å². The van der Waals surface area contributed by atoms with E-state index in [9.17, 15) is 4.79 Å². The van der Waals surface area contributed by atoms with Crippen LogP contribution in [0.4, 0.5) is 0 Å². The van der Waals surface area contributed by atoms with Crippen molar-refractivity contribution in [2.75, 3.05) is 27.3 Å². The number of benzene rings is 1. The Kier molecular flexibility index (Phi) is 6.30. The van der Waals surface area contributed by atoms with Crippen molar-refractivity contribution < 1.29 is 14.3 Å². The number of rotatable bonds is 4. The van der Waals surface area contributed by atoms with Gasteiger partial charge in [-0.1, -0.05) is 0 Å². The van der Waals surface area contributed by atoms with Gasteiger partial charge in [-0.2, -0.15) is 0 Å². The number of nitrogens with two attached hydrogens (primary N) is 1. The molecule has 1 fully saturated rings. The molecule has 2 atom stereocenters. The van der Waals surface area contributed by atoms with Crippen LogP contribution in [0.1, 0.15) is 23.7 Å². The molecule has 1 aliphatic heterocycles. The van der Waals surface area contributed by atoms with Crippen LogP contribution in [0.25, 0.3) is 0 Å². The second kappa shape index (κ2) is 7.52. The summed E-state index contributed by atoms with van der Waals surface area (Å²) in [7, 11) is 3.15. The van der Waals surface area contributed by atoms with E-state index in [4.69, 9.17) is 15.2 Å². The fourth-order valence-corrected chi connectivity index (χ4v) is 2.51. The minimum absolute atomic E-state index is 0. The van der Waals surface area contributed by atoms with Crippen molar-refractivity contribution in [2.24, 2.45) is 11.7 Å². The zero-order valence-electron chi connectivity index (χ0n) is 12.7. The number of likely N-dealkylation sites (tertiary alicyclic amines) is 1. The van der Waals surface area contributed by atoms with Gasteiger partial charge in [0.15, 0.2) is 0 Å². The Morgan fingerprint density at radius 3 is 2.29 bits per heavy atom. The third-order valence-corrected chi connectivity index (χ3v) is 3.85. The number of nitrogens with zero attached hydrogens (tertiary/aromatic N) is 1. The summed E-state index contributed by atoms with van der Waals surface area (Å²) in [5.41, 5.74) is 6.50. The van der Waals surface area contributed by atoms with Crippen LogP contribution in [0.5, 0.6) is 11.5 Å². The van der Waals surface area contributed by atoms with E-state index in [-0.39, 0.29) is 24.4 Å². The molecular formula is C15H23ClN2O3. The van der Waals surface area contributed by atoms with Crippen LogP contribution in [0.2, 0.25) is 0 Å². The first-order valence-corrected chi connectivity index (χ1v) is 6.83. The number of carbonyl (C=O) groups excluding carboxylic acids is 1. The Labute approximate surface area is 131 Å². The summed E-state index contributed by atoms with van der Waals surface area (Å²) in [6, 6.07) is 5.35. The molecule has 1 aliphatic rings. The predicted molar refractivity (Wildman–Crippen MR) is 84.5 cm³/mol. The van der Waals surface area contributed by atoms with Gasteiger partial charge in [-0.15, -0.1) is 12.4 Å². The second-order valence-corrected chi connectivity index (χ2v) is 5.26. The van der Waals surface area contributed by atoms with Crippen molar-refractivity contribution in [1.82, 2.24) is 4.90 Å². The summed E-state index contributed by atoms with van der Waals surface area (Å²) in [5, 5.41) is 0. The van der Waals surface area contributed by atoms with Crippen LogP contribution >= 0.6 is 12.4 Å². The average molecular weight is 315 g/mol. The maximum absolute atomic E-state index is 12.5. The van der Waals surface area contributed by atoms with Gasteiger partial charge in [0.1, 0.15) is 11.5 Å². The van der Waals surface area contributed by atoms with E-state index in [1.54, 1.807) is 32.4 Å². The van der Waals surface area contributed by atoms with Gasteiger partial charge in [0.05, 0.1) is 14.2 Å². The first-order chi connectivity index (χ1) is 9.55. The smallest absolute Gasteiger partial charge is 0.254 e. The molecule has 21 heavy (non-hydrogen) atoms. The lowest BCUT2D eigenvalue weighted by molar-refractivity contribution is 0.0785. The highest BCUT2D eigenvalue weighted by Crippen LogP contribution is 2.26. The summed E-state index contributed by atoms with van der Waals surface area (Å²) in [5.74, 6) is 1.63. The van der Waals surface area contributed by atoms with E-state index in [1.807, 2.05) is 11.8 Å². The van der Waals surface area contributed by atoms with E-state index in [0.717, 1.165) is 19.5 Å². The van der Waals surface area contributed by atoms with Gasteiger partial charge in [0, 0.05) is 30.8 Å². The molecule has 1 saturated heterocycles. The Morgan fingerprint density at radius 2 is 1.86 bits per heavy atom. The zero-order chi connectivity index (χ0) is 14.7. The minimum Gasteiger partial charge on any atom is -0.497 e. The van der Waals surface area contributed by atoms with E-state index >= 15 is 0 Å². The summed E-state index contributed by atoms with van der Waals surface area (Å²) < 4.78 is 10.4. The quantitative estimate of drug-likeness (QED) is 0.922. The van der Waals surface area contributed by atoms with Gasteiger partial charge in [0.2, 0.25) is 0 Å². The van der Waals surface area contributed by atoms with E-state index in [0.29, 0.717) is 23.0 Å². The molecule has 0 saturated carbocycles. The molecular weight excluding hydrogens is 292 g/mol. The van der Waals surface area contributed by atoms with Crippen molar-refractivity contribution in [1.29, 1.82) is 0 Å². The lowest BCUT2D eigenvalue weighted by atomic mass is 10.0. The molecule has 0 aromatic heterocycles. The Morgan fingerprint density at radius 1 is 1.29 bits per heavy atom. The molecule has 5 nitrogen and oxygen atoms in total. The molecule has 0 spiro atoms. The molecule has 2 unspecified atom stereocenters. The number of hydrogen-bond donors (Lipinski definition) is 1. The molecule has 2 rings (SSSR count). The maximum atomic E-state index is 12.5. The largest absolute Gasteiger partial charge is 0.497 e. The molecule has 1 aromatic carbocycles. The zero-order valence-corrected chi connectivity index (χ0v) is 13.5. The van der Waals surface area contributed by atoms with Crippen LogP contribution in [0.3, 0.4) is 0 Å². The van der Waals surface area contributed by atoms with Gasteiger partial charge in [-0.25, -0.2) is 0 Å². The van der Waals surface area contributed by atoms with Crippen LogP contribution in [-0.2, 0) is 0 Å². The number of halogens is 1. The van der Waals surface area contributed by atoms with E-state index in [1.165, 1.54) is 0 Å². The van der Waals surface area contributed by atoms with Gasteiger partial charge >= 0.3 is 0 Å². The molecule has 6 heteroatoms. The SMILES string of the molecule is COc1cc(OC)cc(C(=O)N2CCC(C(C)N)C2)c1.Cl. The minimum atomic E-state index is 0. The fraction of sp³-hybridized carbons (Fsp3) is 0.533. The molecule has 0 bridgehead atoms. The summed E-state index contributed by atoms with van der Waals surface area (Å²) in [4.78, 5) is 14.4. The molecule has 1 heterocycles. The number of hydrogen-bond acceptors (Lipinski definition) is 4. The summed E-state index contributed by atoms with van der Waals surface area (Å²) >= 11 is 0. The van der Waals surface area contributed by atoms with Crippen molar-refractivity contribution in [3.8, 4) is 11.5 Å². The summed E-state index contributed by atoms with van der Waals surface area (Å²) in [6.07, 6.45) is 0.963. The highest BCUT2D eigenvalue weighted by atomic mass is 35.5. The average Bonchev–Trinajstić information content (AvgIpc) is 2.95. The molecule has 0 radical (unpaired) electrons. The Bertz CT molecular complexity index is 472. The molecule has 1 amide bonds. The first-order valence-electron chi connectivity index (χ1n) is 6.83. The van der Waals surface area contributed by atoms with Crippen molar-refractivity contribution in [3.05, 3.63) is 23.8 Å².